The van der Waals surface area contributed by atoms with E-state index in [-0.39, 0.29) is 30.2 Å². The summed E-state index contributed by atoms with van der Waals surface area (Å²) >= 11 is 0. The minimum absolute atomic E-state index is 0.0435. The van der Waals surface area contributed by atoms with Gasteiger partial charge in [0, 0.05) is 23.0 Å². The van der Waals surface area contributed by atoms with Crippen molar-refractivity contribution in [1.82, 2.24) is 5.32 Å². The van der Waals surface area contributed by atoms with E-state index in [4.69, 9.17) is 14.7 Å². The summed E-state index contributed by atoms with van der Waals surface area (Å²) in [5, 5.41) is 3.86. The number of benzene rings is 2. The van der Waals surface area contributed by atoms with Crippen molar-refractivity contribution in [3.8, 4) is 0 Å². The third kappa shape index (κ3) is 6.22. The predicted molar refractivity (Wildman–Crippen MR) is 207 cm³/mol. The van der Waals surface area contributed by atoms with Crippen LogP contribution in [0.5, 0.6) is 0 Å². The fraction of sp³-hybridized carbons (Fsp3) is 0.304. The van der Waals surface area contributed by atoms with Crippen molar-refractivity contribution in [2.75, 3.05) is 0 Å². The molecule has 1 N–H and O–H groups in total. The molecule has 4 heteroatoms. The van der Waals surface area contributed by atoms with Crippen LogP contribution in [0, 0.1) is 5.92 Å². The summed E-state index contributed by atoms with van der Waals surface area (Å²) in [4.78, 5) is 10.6. The Bertz CT molecular complexity index is 2020. The molecule has 0 saturated carbocycles. The van der Waals surface area contributed by atoms with Crippen LogP contribution in [0.1, 0.15) is 84.2 Å². The van der Waals surface area contributed by atoms with Crippen molar-refractivity contribution in [3.63, 3.8) is 0 Å². The Balaban J connectivity index is 1.11. The smallest absolute Gasteiger partial charge is 0.159 e. The molecule has 4 nitrogen and oxygen atoms in total. The van der Waals surface area contributed by atoms with E-state index < -0.39 is 0 Å². The van der Waals surface area contributed by atoms with E-state index in [1.165, 1.54) is 39.0 Å². The number of hydrogen-bond donors (Lipinski definition) is 1. The number of ether oxygens (including phenoxy) is 1. The van der Waals surface area contributed by atoms with E-state index >= 15 is 0 Å². The van der Waals surface area contributed by atoms with Gasteiger partial charge in [0.2, 0.25) is 0 Å². The van der Waals surface area contributed by atoms with Gasteiger partial charge < -0.3 is 10.1 Å². The maximum absolute atomic E-state index is 7.11. The predicted octanol–water partition coefficient (Wildman–Crippen LogP) is 9.84. The van der Waals surface area contributed by atoms with Gasteiger partial charge in [0.05, 0.1) is 12.2 Å². The van der Waals surface area contributed by atoms with Crippen molar-refractivity contribution in [3.05, 3.63) is 165 Å². The van der Waals surface area contributed by atoms with Crippen molar-refractivity contribution in [1.29, 1.82) is 0 Å². The molecule has 2 aromatic rings. The van der Waals surface area contributed by atoms with Crippen LogP contribution in [0.25, 0.3) is 12.2 Å². The summed E-state index contributed by atoms with van der Waals surface area (Å²) in [6, 6.07) is 13.9. The zero-order valence-corrected chi connectivity index (χ0v) is 28.7. The monoisotopic (exact) mass is 655 g/mol. The van der Waals surface area contributed by atoms with Gasteiger partial charge in [0.1, 0.15) is 12.0 Å². The highest BCUT2D eigenvalue weighted by atomic mass is 16.5. The maximum Gasteiger partial charge on any atom is 0.159 e. The molecule has 250 valence electrons. The van der Waals surface area contributed by atoms with Crippen LogP contribution in [-0.2, 0) is 17.6 Å². The number of allylic oxidation sites excluding steroid dienone is 11. The quantitative estimate of drug-likeness (QED) is 0.334. The minimum Gasteiger partial charge on any atom is -0.369 e. The summed E-state index contributed by atoms with van der Waals surface area (Å²) in [7, 11) is 0. The van der Waals surface area contributed by atoms with Crippen molar-refractivity contribution in [2.45, 2.75) is 82.1 Å². The highest BCUT2D eigenvalue weighted by Crippen LogP contribution is 2.48. The van der Waals surface area contributed by atoms with Gasteiger partial charge >= 0.3 is 0 Å². The lowest BCUT2D eigenvalue weighted by Gasteiger charge is -2.45. The maximum atomic E-state index is 7.11. The molecular formula is C46H45N3O. The molecule has 2 aliphatic heterocycles. The van der Waals surface area contributed by atoms with E-state index in [1.54, 1.807) is 0 Å². The highest BCUT2D eigenvalue weighted by molar-refractivity contribution is 6.14. The van der Waals surface area contributed by atoms with Crippen LogP contribution in [0.3, 0.4) is 0 Å². The van der Waals surface area contributed by atoms with Crippen LogP contribution >= 0.6 is 0 Å². The molecule has 0 radical (unpaired) electrons. The third-order valence-corrected chi connectivity index (χ3v) is 11.2. The van der Waals surface area contributed by atoms with E-state index in [2.05, 4.69) is 133 Å². The number of rotatable bonds is 4. The highest BCUT2D eigenvalue weighted by Gasteiger charge is 2.45. The SMILES string of the molecule is C1=CC(C2=NC(C3=CCC(c4ccc5c(c4)C=CCC5)C4OC5C=C(C=CCC5)C34)NC(c3ccc4c(c3)C/C=C\C=C/C/C=C\4)=N2)=CCC1. The largest absolute Gasteiger partial charge is 0.369 e. The first-order valence-electron chi connectivity index (χ1n) is 18.7. The summed E-state index contributed by atoms with van der Waals surface area (Å²) in [5.74, 6) is 2.08. The Morgan fingerprint density at radius 2 is 1.68 bits per heavy atom. The van der Waals surface area contributed by atoms with Gasteiger partial charge in [0.15, 0.2) is 5.84 Å². The van der Waals surface area contributed by atoms with Crippen molar-refractivity contribution >= 4 is 23.8 Å². The van der Waals surface area contributed by atoms with Gasteiger partial charge in [-0.25, -0.2) is 9.98 Å². The summed E-state index contributed by atoms with van der Waals surface area (Å²) in [6.45, 7) is 0. The van der Waals surface area contributed by atoms with E-state index in [0.29, 0.717) is 0 Å². The Kier molecular flexibility index (Phi) is 8.64. The lowest BCUT2D eigenvalue weighted by molar-refractivity contribution is -0.0382. The number of hydrogen-bond acceptors (Lipinski definition) is 4. The first kappa shape index (κ1) is 31.2. The minimum atomic E-state index is -0.245. The Morgan fingerprint density at radius 1 is 0.760 bits per heavy atom. The molecule has 0 aromatic heterocycles. The first-order chi connectivity index (χ1) is 24.8. The van der Waals surface area contributed by atoms with Gasteiger partial charge in [-0.15, -0.1) is 0 Å². The number of aliphatic imine (C=N–C) groups is 2. The molecule has 50 heavy (non-hydrogen) atoms. The lowest BCUT2D eigenvalue weighted by atomic mass is 9.69. The van der Waals surface area contributed by atoms with E-state index in [1.807, 2.05) is 0 Å². The number of nitrogens with one attached hydrogen (secondary N) is 1. The second-order valence-corrected chi connectivity index (χ2v) is 14.4. The second kappa shape index (κ2) is 13.8. The van der Waals surface area contributed by atoms with Gasteiger partial charge in [-0.1, -0.05) is 121 Å². The molecule has 9 rings (SSSR count). The van der Waals surface area contributed by atoms with Crippen LogP contribution in [0.4, 0.5) is 0 Å². The van der Waals surface area contributed by atoms with Crippen LogP contribution in [0.2, 0.25) is 0 Å². The molecule has 5 atom stereocenters. The van der Waals surface area contributed by atoms with Gasteiger partial charge in [-0.2, -0.15) is 0 Å². The van der Waals surface area contributed by atoms with Gasteiger partial charge in [-0.3, -0.25) is 0 Å². The molecule has 7 aliphatic rings. The standard InChI is InChI=1S/C46H45N3O/c1-2-4-7-18-35-29-38(25-23-31(35)14-6-3-1)45-47-44(33-16-8-5-9-17-33)48-46(49-45)41-27-26-40(36-24-22-32-15-10-11-19-34(32)28-36)43-42(41)37-20-12-13-21-39(30-37)50-43/h1-2,4,6-8,11-12,14,16-17,19-20,22-25,27-30,39-40,42-43,46H,3,5,9-10,13,15,18,21,26H2,(H,47,48,49)/b2-1-,7-4-,14-6-. The van der Waals surface area contributed by atoms with Crippen LogP contribution in [-0.4, -0.2) is 30.0 Å². The average molecular weight is 656 g/mol. The molecule has 0 fully saturated rings. The number of fused-ring (bicyclic) bond motifs is 5. The zero-order chi connectivity index (χ0) is 33.3. The zero-order valence-electron chi connectivity index (χ0n) is 28.7. The van der Waals surface area contributed by atoms with Crippen molar-refractivity contribution in [2.24, 2.45) is 15.9 Å². The number of nitrogens with zero attached hydrogens (tertiary/aromatic N) is 2. The first-order valence-corrected chi connectivity index (χ1v) is 18.7. The Hall–Kier alpha value is -4.80. The Morgan fingerprint density at radius 3 is 2.64 bits per heavy atom. The molecule has 2 heterocycles. The molecule has 0 amide bonds. The van der Waals surface area contributed by atoms with E-state index in [0.717, 1.165) is 80.6 Å². The molecule has 0 spiro atoms. The molecule has 5 unspecified atom stereocenters. The number of aryl methyl sites for hydroxylation is 1. The van der Waals surface area contributed by atoms with Crippen molar-refractivity contribution < 1.29 is 4.74 Å². The Labute approximate surface area is 296 Å². The van der Waals surface area contributed by atoms with E-state index in [9.17, 15) is 0 Å². The molecular weight excluding hydrogens is 611 g/mol. The topological polar surface area (TPSA) is 46.0 Å². The fourth-order valence-corrected chi connectivity index (χ4v) is 8.61. The average Bonchev–Trinajstić information content (AvgIpc) is 3.37. The number of amidine groups is 2. The van der Waals surface area contributed by atoms with Crippen LogP contribution < -0.4 is 5.32 Å². The third-order valence-electron chi connectivity index (χ3n) is 11.2. The molecule has 2 aromatic carbocycles. The van der Waals surface area contributed by atoms with Gasteiger partial charge in [0.25, 0.3) is 0 Å². The fourth-order valence-electron chi connectivity index (χ4n) is 8.61. The lowest BCUT2D eigenvalue weighted by Crippen LogP contribution is -2.48. The normalized spacial score (nSPS) is 30.0. The summed E-state index contributed by atoms with van der Waals surface area (Å²) < 4.78 is 7.11. The molecule has 2 bridgehead atoms. The second-order valence-electron chi connectivity index (χ2n) is 14.4. The molecule has 5 aliphatic carbocycles. The molecule has 0 saturated heterocycles. The summed E-state index contributed by atoms with van der Waals surface area (Å²) in [6.07, 6.45) is 43.2. The van der Waals surface area contributed by atoms with Gasteiger partial charge in [-0.05, 0) is 103 Å². The summed E-state index contributed by atoms with van der Waals surface area (Å²) in [5.41, 5.74) is 11.6. The van der Waals surface area contributed by atoms with Crippen LogP contribution in [0.15, 0.2) is 142 Å².